The molecule has 34 heavy (non-hydrogen) atoms. The Morgan fingerprint density at radius 3 is 2.97 bits per heavy atom. The van der Waals surface area contributed by atoms with Crippen molar-refractivity contribution in [3.8, 4) is 16.3 Å². The fourth-order valence-electron chi connectivity index (χ4n) is 4.39. The van der Waals surface area contributed by atoms with E-state index in [1.165, 1.54) is 22.3 Å². The van der Waals surface area contributed by atoms with Crippen molar-refractivity contribution in [2.75, 3.05) is 13.2 Å². The van der Waals surface area contributed by atoms with E-state index in [-0.39, 0.29) is 42.3 Å². The molecule has 2 aromatic heterocycles. The predicted molar refractivity (Wildman–Crippen MR) is 123 cm³/mol. The Morgan fingerprint density at radius 2 is 2.18 bits per heavy atom. The molecule has 0 spiro atoms. The van der Waals surface area contributed by atoms with Crippen LogP contribution in [0.1, 0.15) is 22.5 Å². The van der Waals surface area contributed by atoms with Gasteiger partial charge >= 0.3 is 0 Å². The second-order valence-corrected chi connectivity index (χ2v) is 9.12. The topological polar surface area (TPSA) is 122 Å². The maximum absolute atomic E-state index is 13.5. The fraction of sp³-hybridized carbons (Fsp3) is 0.292. The minimum atomic E-state index is -0.940. The molecule has 0 radical (unpaired) electrons. The van der Waals surface area contributed by atoms with Crippen LogP contribution in [-0.4, -0.2) is 68.9 Å². The first-order chi connectivity index (χ1) is 16.5. The average Bonchev–Trinajstić information content (AvgIpc) is 3.57. The van der Waals surface area contributed by atoms with Crippen LogP contribution in [0.15, 0.2) is 54.2 Å². The van der Waals surface area contributed by atoms with Crippen molar-refractivity contribution in [2.24, 2.45) is 0 Å². The number of nitrogens with one attached hydrogen (secondary N) is 1. The number of rotatable bonds is 6. The van der Waals surface area contributed by atoms with Gasteiger partial charge in [-0.1, -0.05) is 12.1 Å². The van der Waals surface area contributed by atoms with Crippen LogP contribution < -0.4 is 5.32 Å². The molecule has 0 saturated carbocycles. The largest absolute Gasteiger partial charge is 0.508 e. The Bertz CT molecular complexity index is 1230. The Kier molecular flexibility index (Phi) is 6.08. The van der Waals surface area contributed by atoms with Crippen molar-refractivity contribution >= 4 is 28.9 Å². The van der Waals surface area contributed by atoms with Gasteiger partial charge in [-0.25, -0.2) is 4.98 Å². The quantitative estimate of drug-likeness (QED) is 0.554. The molecular weight excluding hydrogens is 456 g/mol. The molecule has 2 amide bonds. The van der Waals surface area contributed by atoms with Crippen LogP contribution in [0.3, 0.4) is 0 Å². The maximum Gasteiger partial charge on any atom is 0.271 e. The summed E-state index contributed by atoms with van der Waals surface area (Å²) in [6.45, 7) is 0.382. The molecule has 2 N–H and O–H groups in total. The lowest BCUT2D eigenvalue weighted by Gasteiger charge is -2.27. The Labute approximate surface area is 199 Å². The molecule has 2 aliphatic rings. The lowest BCUT2D eigenvalue weighted by Crippen LogP contribution is -2.53. The summed E-state index contributed by atoms with van der Waals surface area (Å²) in [5.74, 6) is -0.907. The van der Waals surface area contributed by atoms with Gasteiger partial charge in [-0.2, -0.15) is 0 Å². The number of carbonyl (C=O) groups is 3. The van der Waals surface area contributed by atoms with Crippen LogP contribution in [0.4, 0.5) is 0 Å². The van der Waals surface area contributed by atoms with Crippen LogP contribution in [0.5, 0.6) is 5.75 Å². The summed E-state index contributed by atoms with van der Waals surface area (Å²) in [6.07, 6.45) is 3.76. The van der Waals surface area contributed by atoms with Crippen LogP contribution >= 0.6 is 11.3 Å². The zero-order valence-corrected chi connectivity index (χ0v) is 18.9. The number of phenolic OH excluding ortho intramolecular Hbond substituents is 1. The first-order valence-corrected chi connectivity index (χ1v) is 11.8. The summed E-state index contributed by atoms with van der Waals surface area (Å²) in [5.41, 5.74) is 1.66. The van der Waals surface area contributed by atoms with Gasteiger partial charge in [-0.05, 0) is 36.2 Å². The minimum Gasteiger partial charge on any atom is -0.508 e. The highest BCUT2D eigenvalue weighted by Gasteiger charge is 2.48. The van der Waals surface area contributed by atoms with Crippen molar-refractivity contribution in [3.63, 3.8) is 0 Å². The molecule has 0 aliphatic carbocycles. The zero-order valence-electron chi connectivity index (χ0n) is 18.1. The number of pyridine rings is 1. The molecule has 1 aromatic carbocycles. The van der Waals surface area contributed by atoms with Crippen LogP contribution in [0, 0.1) is 0 Å². The summed E-state index contributed by atoms with van der Waals surface area (Å²) < 4.78 is 5.50. The lowest BCUT2D eigenvalue weighted by molar-refractivity contribution is -0.138. The smallest absolute Gasteiger partial charge is 0.271 e. The molecule has 174 valence electrons. The number of ketones is 1. The van der Waals surface area contributed by atoms with Gasteiger partial charge in [0.15, 0.2) is 5.78 Å². The number of benzene rings is 1. The Morgan fingerprint density at radius 1 is 1.29 bits per heavy atom. The van der Waals surface area contributed by atoms with Crippen molar-refractivity contribution < 1.29 is 24.2 Å². The highest BCUT2D eigenvalue weighted by molar-refractivity contribution is 7.13. The fourth-order valence-corrected chi connectivity index (χ4v) is 5.18. The number of carbonyl (C=O) groups excluding carboxylic acids is 3. The molecule has 0 bridgehead atoms. The Balaban J connectivity index is 1.38. The summed E-state index contributed by atoms with van der Waals surface area (Å²) in [7, 11) is 0. The van der Waals surface area contributed by atoms with E-state index in [4.69, 9.17) is 4.74 Å². The van der Waals surface area contributed by atoms with Crippen molar-refractivity contribution in [1.29, 1.82) is 0 Å². The molecule has 10 heteroatoms. The molecular formula is C24H22N4O5S. The van der Waals surface area contributed by atoms with E-state index in [9.17, 15) is 19.5 Å². The van der Waals surface area contributed by atoms with E-state index in [0.717, 1.165) is 5.56 Å². The van der Waals surface area contributed by atoms with Crippen LogP contribution in [0.25, 0.3) is 10.6 Å². The first-order valence-electron chi connectivity index (χ1n) is 10.9. The number of thiazole rings is 1. The standard InChI is InChI=1S/C24H22N4O5S/c29-16-5-1-3-14(9-16)10-17(24(32)28-8-6-20-21(28)19(30)12-33-20)26-22(31)18-13-34-23(27-18)15-4-2-7-25-11-15/h1-5,7,9,11,13,17,20-21,29H,6,8,10,12H2,(H,26,31). The average molecular weight is 479 g/mol. The molecule has 3 unspecified atom stereocenters. The monoisotopic (exact) mass is 478 g/mol. The summed E-state index contributed by atoms with van der Waals surface area (Å²) in [4.78, 5) is 48.9. The lowest BCUT2D eigenvalue weighted by atomic mass is 10.0. The van der Waals surface area contributed by atoms with E-state index in [1.807, 2.05) is 6.07 Å². The SMILES string of the molecule is O=C(NC(Cc1cccc(O)c1)C(=O)N1CCC2OCC(=O)C21)c1csc(-c2cccnc2)n1. The summed E-state index contributed by atoms with van der Waals surface area (Å²) in [6, 6.07) is 8.61. The van der Waals surface area contributed by atoms with Gasteiger partial charge in [0.05, 0.1) is 6.10 Å². The van der Waals surface area contributed by atoms with E-state index in [2.05, 4.69) is 15.3 Å². The molecule has 3 aromatic rings. The molecule has 2 fully saturated rings. The number of nitrogens with zero attached hydrogens (tertiary/aromatic N) is 3. The van der Waals surface area contributed by atoms with Gasteiger partial charge in [-0.15, -0.1) is 11.3 Å². The number of hydrogen-bond donors (Lipinski definition) is 2. The molecule has 3 atom stereocenters. The van der Waals surface area contributed by atoms with Gasteiger partial charge in [-0.3, -0.25) is 19.4 Å². The van der Waals surface area contributed by atoms with Crippen molar-refractivity contribution in [1.82, 2.24) is 20.2 Å². The zero-order chi connectivity index (χ0) is 23.7. The predicted octanol–water partition coefficient (Wildman–Crippen LogP) is 1.82. The van der Waals surface area contributed by atoms with Gasteiger partial charge in [0.1, 0.15) is 35.1 Å². The second-order valence-electron chi connectivity index (χ2n) is 8.26. The third-order valence-corrected chi connectivity index (χ3v) is 6.89. The summed E-state index contributed by atoms with van der Waals surface area (Å²) in [5, 5.41) is 14.9. The molecule has 5 rings (SSSR count). The molecule has 2 saturated heterocycles. The van der Waals surface area contributed by atoms with Crippen LogP contribution in [0.2, 0.25) is 0 Å². The number of aromatic nitrogens is 2. The number of phenols is 1. The summed E-state index contributed by atoms with van der Waals surface area (Å²) >= 11 is 1.31. The van der Waals surface area contributed by atoms with Crippen molar-refractivity contribution in [2.45, 2.75) is 31.0 Å². The number of ether oxygens (including phenoxy) is 1. The number of hydrogen-bond acceptors (Lipinski definition) is 8. The molecule has 4 heterocycles. The second kappa shape index (κ2) is 9.32. The third-order valence-electron chi connectivity index (χ3n) is 5.99. The van der Waals surface area contributed by atoms with E-state index < -0.39 is 18.0 Å². The minimum absolute atomic E-state index is 0.00135. The van der Waals surface area contributed by atoms with Crippen LogP contribution in [-0.2, 0) is 20.7 Å². The number of likely N-dealkylation sites (tertiary alicyclic amines) is 1. The van der Waals surface area contributed by atoms with E-state index in [1.54, 1.807) is 42.0 Å². The normalized spacial score (nSPS) is 20.2. The number of amides is 2. The van der Waals surface area contributed by atoms with Gasteiger partial charge < -0.3 is 20.1 Å². The number of Topliss-reactive ketones (excluding diaryl/α,β-unsaturated/α-hetero) is 1. The third kappa shape index (κ3) is 4.42. The van der Waals surface area contributed by atoms with Gasteiger partial charge in [0, 0.05) is 36.3 Å². The number of fused-ring (bicyclic) bond motifs is 1. The maximum atomic E-state index is 13.5. The first kappa shape index (κ1) is 22.2. The highest BCUT2D eigenvalue weighted by atomic mass is 32.1. The van der Waals surface area contributed by atoms with Crippen molar-refractivity contribution in [3.05, 3.63) is 65.4 Å². The molecule has 9 nitrogen and oxygen atoms in total. The van der Waals surface area contributed by atoms with E-state index >= 15 is 0 Å². The number of aromatic hydroxyl groups is 1. The Hall–Kier alpha value is -3.63. The highest BCUT2D eigenvalue weighted by Crippen LogP contribution is 2.28. The van der Waals surface area contributed by atoms with E-state index in [0.29, 0.717) is 23.5 Å². The molecule has 2 aliphatic heterocycles. The van der Waals surface area contributed by atoms with Gasteiger partial charge in [0.25, 0.3) is 5.91 Å². The van der Waals surface area contributed by atoms with Gasteiger partial charge in [0.2, 0.25) is 5.91 Å².